The topological polar surface area (TPSA) is 37.3 Å². The fraction of sp³-hybridized carbons (Fsp3) is 0.500. The van der Waals surface area contributed by atoms with Crippen LogP contribution in [0.3, 0.4) is 0 Å². The Labute approximate surface area is 38.2 Å². The second kappa shape index (κ2) is 2.25. The van der Waals surface area contributed by atoms with Gasteiger partial charge in [-0.1, -0.05) is 0 Å². The molecule has 5 heavy (non-hydrogen) atoms. The van der Waals surface area contributed by atoms with Crippen LogP contribution in [-0.4, -0.2) is 27.4 Å². The van der Waals surface area contributed by atoms with Gasteiger partial charge in [0.05, 0.1) is 0 Å². The van der Waals surface area contributed by atoms with Gasteiger partial charge in [0.1, 0.15) is 16.3 Å². The molecule has 0 amide bonds. The first kappa shape index (κ1) is 5.00. The minimum Gasteiger partial charge on any atom is -0.482 e. The van der Waals surface area contributed by atoms with Crippen LogP contribution in [0.5, 0.6) is 0 Å². The van der Waals surface area contributed by atoms with Gasteiger partial charge in [-0.3, -0.25) is 4.79 Å². The van der Waals surface area contributed by atoms with Crippen molar-refractivity contribution in [3.63, 3.8) is 0 Å². The molecule has 0 aromatic heterocycles. The van der Waals surface area contributed by atoms with E-state index in [1.165, 1.54) is 0 Å². The van der Waals surface area contributed by atoms with Gasteiger partial charge in [-0.2, -0.15) is 0 Å². The Morgan fingerprint density at radius 2 is 2.20 bits per heavy atom. The second-order valence-electron chi connectivity index (χ2n) is 0.598. The molecule has 0 heterocycles. The second-order valence-corrected chi connectivity index (χ2v) is 1.01. The van der Waals surface area contributed by atoms with E-state index in [0.29, 0.717) is 0 Å². The lowest BCUT2D eigenvalue weighted by Crippen LogP contribution is -1.89. The van der Waals surface area contributed by atoms with E-state index in [1.54, 1.807) is 0 Å². The van der Waals surface area contributed by atoms with Crippen molar-refractivity contribution in [2.24, 2.45) is 0 Å². The zero-order chi connectivity index (χ0) is 4.28. The highest BCUT2D eigenvalue weighted by atomic mass is 27.0. The summed E-state index contributed by atoms with van der Waals surface area (Å²) in [5.41, 5.74) is 0. The SMILES string of the molecule is O=C(O)[CH2][Al]. The standard InChI is InChI=1S/C2H3O2.Al/c1-2(3)4;/h1H2,(H,3,4);. The zero-order valence-corrected chi connectivity index (χ0v) is 3.79. The number of carbonyl (C=O) groups is 1. The summed E-state index contributed by atoms with van der Waals surface area (Å²) in [4.78, 5) is 9.35. The van der Waals surface area contributed by atoms with Crippen molar-refractivity contribution in [3.05, 3.63) is 0 Å². The van der Waals surface area contributed by atoms with E-state index < -0.39 is 5.97 Å². The summed E-state index contributed by atoms with van der Waals surface area (Å²) in [6, 6.07) is 0. The molecule has 0 rings (SSSR count). The largest absolute Gasteiger partial charge is 0.482 e. The molecular formula is C2H3AlO2. The fourth-order valence-corrected chi connectivity index (χ4v) is 0. The van der Waals surface area contributed by atoms with Gasteiger partial charge in [0, 0.05) is 0 Å². The molecule has 0 fully saturated rings. The molecule has 0 atom stereocenters. The van der Waals surface area contributed by atoms with Gasteiger partial charge in [0.15, 0.2) is 0 Å². The molecule has 1 N–H and O–H groups in total. The van der Waals surface area contributed by atoms with E-state index in [0.717, 1.165) is 0 Å². The number of carboxylic acids is 1. The van der Waals surface area contributed by atoms with Gasteiger partial charge in [0.25, 0.3) is 5.97 Å². The number of hydrogen-bond donors (Lipinski definition) is 1. The van der Waals surface area contributed by atoms with Gasteiger partial charge < -0.3 is 5.11 Å². The fourth-order valence-electron chi connectivity index (χ4n) is 0. The van der Waals surface area contributed by atoms with Gasteiger partial charge in [-0.15, -0.1) is 0 Å². The van der Waals surface area contributed by atoms with Gasteiger partial charge in [-0.05, 0) is 5.28 Å². The van der Waals surface area contributed by atoms with Crippen LogP contribution in [-0.2, 0) is 4.79 Å². The van der Waals surface area contributed by atoms with Crippen molar-refractivity contribution in [2.75, 3.05) is 0 Å². The Bertz CT molecular complexity index is 42.9. The molecule has 0 bridgehead atoms. The van der Waals surface area contributed by atoms with Gasteiger partial charge in [-0.25, -0.2) is 0 Å². The predicted molar refractivity (Wildman–Crippen MR) is 18.2 cm³/mol. The molecule has 0 aliphatic rings. The Balaban J connectivity index is 2.85. The van der Waals surface area contributed by atoms with E-state index in [9.17, 15) is 4.79 Å². The first-order valence-corrected chi connectivity index (χ1v) is 2.01. The van der Waals surface area contributed by atoms with Crippen LogP contribution >= 0.6 is 0 Å². The van der Waals surface area contributed by atoms with E-state index in [2.05, 4.69) is 16.3 Å². The maximum absolute atomic E-state index is 9.35. The highest BCUT2D eigenvalue weighted by molar-refractivity contribution is 6.18. The normalized spacial score (nSPS) is 7.20. The summed E-state index contributed by atoms with van der Waals surface area (Å²) in [7, 11) is 0. The molecule has 0 saturated carbocycles. The monoisotopic (exact) mass is 86.0 g/mol. The van der Waals surface area contributed by atoms with Gasteiger partial charge in [0.2, 0.25) is 0 Å². The van der Waals surface area contributed by atoms with Crippen molar-refractivity contribution in [3.8, 4) is 0 Å². The van der Waals surface area contributed by atoms with Crippen LogP contribution in [0.4, 0.5) is 0 Å². The predicted octanol–water partition coefficient (Wildman–Crippen LogP) is -0.342. The first-order chi connectivity index (χ1) is 2.27. The van der Waals surface area contributed by atoms with E-state index >= 15 is 0 Å². The molecule has 2 radical (unpaired) electrons. The van der Waals surface area contributed by atoms with Crippen molar-refractivity contribution < 1.29 is 9.90 Å². The van der Waals surface area contributed by atoms with Crippen molar-refractivity contribution >= 4 is 22.3 Å². The molecule has 3 heteroatoms. The molecule has 0 saturated heterocycles. The van der Waals surface area contributed by atoms with Crippen LogP contribution in [0, 0.1) is 0 Å². The van der Waals surface area contributed by atoms with Crippen molar-refractivity contribution in [1.29, 1.82) is 0 Å². The number of hydrogen-bond acceptors (Lipinski definition) is 1. The summed E-state index contributed by atoms with van der Waals surface area (Å²) in [6.07, 6.45) is 0. The molecule has 26 valence electrons. The summed E-state index contributed by atoms with van der Waals surface area (Å²) >= 11 is 2.09. The summed E-state index contributed by atoms with van der Waals surface area (Å²) < 4.78 is 0. The van der Waals surface area contributed by atoms with Crippen LogP contribution in [0.2, 0.25) is 5.28 Å². The lowest BCUT2D eigenvalue weighted by Gasteiger charge is -1.72. The van der Waals surface area contributed by atoms with Crippen LogP contribution in [0.15, 0.2) is 0 Å². The molecule has 2 nitrogen and oxygen atoms in total. The van der Waals surface area contributed by atoms with Crippen molar-refractivity contribution in [1.82, 2.24) is 0 Å². The number of rotatable bonds is 1. The average molecular weight is 86.0 g/mol. The molecule has 0 aliphatic carbocycles. The third-order valence-corrected chi connectivity index (χ3v) is 0.524. The minimum absolute atomic E-state index is 0.139. The van der Waals surface area contributed by atoms with Crippen molar-refractivity contribution in [2.45, 2.75) is 5.28 Å². The van der Waals surface area contributed by atoms with Crippen LogP contribution in [0.25, 0.3) is 0 Å². The van der Waals surface area contributed by atoms with Crippen LogP contribution in [0.1, 0.15) is 0 Å². The summed E-state index contributed by atoms with van der Waals surface area (Å²) in [5, 5.41) is 7.84. The third-order valence-electron chi connectivity index (χ3n) is 0.175. The molecule has 0 aromatic rings. The van der Waals surface area contributed by atoms with E-state index in [-0.39, 0.29) is 5.28 Å². The molecule has 0 unspecified atom stereocenters. The smallest absolute Gasteiger partial charge is 0.287 e. The van der Waals surface area contributed by atoms with E-state index in [1.807, 2.05) is 0 Å². The Morgan fingerprint density at radius 3 is 2.20 bits per heavy atom. The Kier molecular flexibility index (Phi) is 2.25. The molecule has 0 aromatic carbocycles. The highest BCUT2D eigenvalue weighted by Crippen LogP contribution is 1.63. The summed E-state index contributed by atoms with van der Waals surface area (Å²) in [6.45, 7) is 0. The Morgan fingerprint density at radius 1 is 2.00 bits per heavy atom. The summed E-state index contributed by atoms with van der Waals surface area (Å²) in [5.74, 6) is -0.782. The molecule has 0 spiro atoms. The average Bonchev–Trinajstić information content (AvgIpc) is 1.38. The quantitative estimate of drug-likeness (QED) is 0.443. The maximum Gasteiger partial charge on any atom is 0.287 e. The first-order valence-electron chi connectivity index (χ1n) is 1.19. The Hall–Kier alpha value is 0.00247. The molecule has 0 aliphatic heterocycles. The number of carboxylic acid groups (broad SMARTS) is 1. The highest BCUT2D eigenvalue weighted by Gasteiger charge is 1.80. The maximum atomic E-state index is 9.35. The minimum atomic E-state index is -0.782. The third kappa shape index (κ3) is 4.00. The lowest BCUT2D eigenvalue weighted by atomic mass is 10.8. The van der Waals surface area contributed by atoms with E-state index in [4.69, 9.17) is 5.11 Å². The molecular weight excluding hydrogens is 83.0 g/mol. The zero-order valence-electron chi connectivity index (χ0n) is 2.64. The number of aliphatic carboxylic acids is 1. The van der Waals surface area contributed by atoms with Gasteiger partial charge >= 0.3 is 0 Å². The lowest BCUT2D eigenvalue weighted by molar-refractivity contribution is -0.134. The van der Waals surface area contributed by atoms with Crippen LogP contribution < -0.4 is 0 Å².